The van der Waals surface area contributed by atoms with Crippen LogP contribution in [0.3, 0.4) is 0 Å². The van der Waals surface area contributed by atoms with E-state index in [0.717, 1.165) is 13.1 Å². The molecule has 0 spiro atoms. The second kappa shape index (κ2) is 3.24. The van der Waals surface area contributed by atoms with Crippen molar-refractivity contribution < 1.29 is 0 Å². The molecule has 2 aliphatic rings. The summed E-state index contributed by atoms with van der Waals surface area (Å²) in [5.74, 6) is 0.711. The molecular weight excluding hydrogens is 184 g/mol. The summed E-state index contributed by atoms with van der Waals surface area (Å²) in [4.78, 5) is 2.42. The second-order valence-corrected chi connectivity index (χ2v) is 4.84. The maximum Gasteiger partial charge on any atom is 0.0432 e. The highest BCUT2D eigenvalue weighted by Crippen LogP contribution is 2.40. The summed E-state index contributed by atoms with van der Waals surface area (Å²) in [6.45, 7) is 5.69. The molecule has 1 N–H and O–H groups in total. The van der Waals surface area contributed by atoms with Gasteiger partial charge in [0.25, 0.3) is 0 Å². The summed E-state index contributed by atoms with van der Waals surface area (Å²) in [7, 11) is 2.22. The molecule has 0 aromatic heterocycles. The van der Waals surface area contributed by atoms with Gasteiger partial charge in [0.1, 0.15) is 0 Å². The van der Waals surface area contributed by atoms with Gasteiger partial charge in [-0.15, -0.1) is 0 Å². The summed E-state index contributed by atoms with van der Waals surface area (Å²) in [5.41, 5.74) is 6.12. The van der Waals surface area contributed by atoms with E-state index in [0.29, 0.717) is 5.92 Å². The Morgan fingerprint density at radius 3 is 3.13 bits per heavy atom. The number of nitrogens with one attached hydrogen (secondary N) is 1. The van der Waals surface area contributed by atoms with Crippen LogP contribution in [0, 0.1) is 6.92 Å². The Morgan fingerprint density at radius 2 is 2.27 bits per heavy atom. The molecule has 80 valence electrons. The van der Waals surface area contributed by atoms with E-state index in [1.54, 1.807) is 11.1 Å². The lowest BCUT2D eigenvalue weighted by molar-refractivity contribution is 0.625. The zero-order valence-electron chi connectivity index (χ0n) is 9.51. The van der Waals surface area contributed by atoms with Crippen LogP contribution in [-0.2, 0) is 6.42 Å². The topological polar surface area (TPSA) is 15.3 Å². The summed E-state index contributed by atoms with van der Waals surface area (Å²) in [5, 5.41) is 3.54. The molecule has 0 aliphatic carbocycles. The van der Waals surface area contributed by atoms with Crippen LogP contribution in [0.25, 0.3) is 0 Å². The quantitative estimate of drug-likeness (QED) is 0.688. The van der Waals surface area contributed by atoms with E-state index in [4.69, 9.17) is 0 Å². The van der Waals surface area contributed by atoms with Crippen molar-refractivity contribution in [3.05, 3.63) is 28.8 Å². The van der Waals surface area contributed by atoms with Gasteiger partial charge in [0.2, 0.25) is 0 Å². The lowest BCUT2D eigenvalue weighted by Crippen LogP contribution is -2.24. The Labute approximate surface area is 91.3 Å². The summed E-state index contributed by atoms with van der Waals surface area (Å²) in [6.07, 6.45) is 1.19. The van der Waals surface area contributed by atoms with E-state index in [1.807, 2.05) is 0 Å². The molecule has 0 saturated carbocycles. The Bertz CT molecular complexity index is 398. The van der Waals surface area contributed by atoms with Gasteiger partial charge in [0.05, 0.1) is 0 Å². The highest BCUT2D eigenvalue weighted by atomic mass is 15.1. The van der Waals surface area contributed by atoms with Crippen LogP contribution in [-0.4, -0.2) is 26.7 Å². The number of aryl methyl sites for hydroxylation is 1. The first-order valence-electron chi connectivity index (χ1n) is 5.81. The van der Waals surface area contributed by atoms with Crippen LogP contribution in [0.2, 0.25) is 0 Å². The Kier molecular flexibility index (Phi) is 1.99. The molecule has 1 unspecified atom stereocenters. The zero-order chi connectivity index (χ0) is 10.4. The average Bonchev–Trinajstić information content (AvgIpc) is 2.43. The molecule has 15 heavy (non-hydrogen) atoms. The first kappa shape index (κ1) is 9.22. The first-order chi connectivity index (χ1) is 7.27. The number of anilines is 1. The van der Waals surface area contributed by atoms with Crippen molar-refractivity contribution in [3.8, 4) is 0 Å². The molecule has 0 radical (unpaired) electrons. The van der Waals surface area contributed by atoms with Crippen LogP contribution in [0.5, 0.6) is 0 Å². The van der Waals surface area contributed by atoms with Crippen molar-refractivity contribution >= 4 is 5.69 Å². The summed E-state index contributed by atoms with van der Waals surface area (Å²) < 4.78 is 0. The van der Waals surface area contributed by atoms with Crippen molar-refractivity contribution in [2.75, 3.05) is 31.6 Å². The van der Waals surface area contributed by atoms with Gasteiger partial charge in [0.15, 0.2) is 0 Å². The molecule has 2 nitrogen and oxygen atoms in total. The number of hydrogen-bond acceptors (Lipinski definition) is 2. The molecule has 0 saturated heterocycles. The highest BCUT2D eigenvalue weighted by Gasteiger charge is 2.30. The lowest BCUT2D eigenvalue weighted by Gasteiger charge is -2.16. The van der Waals surface area contributed by atoms with Crippen molar-refractivity contribution in [1.29, 1.82) is 0 Å². The predicted molar refractivity (Wildman–Crippen MR) is 63.8 cm³/mol. The van der Waals surface area contributed by atoms with E-state index < -0.39 is 0 Å². The van der Waals surface area contributed by atoms with E-state index in [2.05, 4.69) is 36.3 Å². The van der Waals surface area contributed by atoms with Crippen molar-refractivity contribution in [3.63, 3.8) is 0 Å². The fourth-order valence-electron chi connectivity index (χ4n) is 3.12. The zero-order valence-corrected chi connectivity index (χ0v) is 9.51. The monoisotopic (exact) mass is 202 g/mol. The third kappa shape index (κ3) is 1.28. The third-order valence-corrected chi connectivity index (χ3v) is 3.76. The van der Waals surface area contributed by atoms with Crippen molar-refractivity contribution in [2.24, 2.45) is 0 Å². The van der Waals surface area contributed by atoms with E-state index in [9.17, 15) is 0 Å². The molecular formula is C13H18N2. The minimum atomic E-state index is 0.711. The first-order valence-corrected chi connectivity index (χ1v) is 5.81. The lowest BCUT2D eigenvalue weighted by atomic mass is 9.93. The number of benzene rings is 1. The minimum Gasteiger partial charge on any atom is -0.373 e. The molecule has 3 rings (SSSR count). The summed E-state index contributed by atoms with van der Waals surface area (Å²) >= 11 is 0. The SMILES string of the molecule is Cc1ccc2c3c1N(C)CC3CNCC2. The second-order valence-electron chi connectivity index (χ2n) is 4.84. The van der Waals surface area contributed by atoms with Crippen LogP contribution >= 0.6 is 0 Å². The maximum atomic E-state index is 3.54. The van der Waals surface area contributed by atoms with Gasteiger partial charge in [-0.2, -0.15) is 0 Å². The smallest absolute Gasteiger partial charge is 0.0432 e. The van der Waals surface area contributed by atoms with Gasteiger partial charge >= 0.3 is 0 Å². The third-order valence-electron chi connectivity index (χ3n) is 3.76. The van der Waals surface area contributed by atoms with E-state index >= 15 is 0 Å². The van der Waals surface area contributed by atoms with Crippen LogP contribution < -0.4 is 10.2 Å². The maximum absolute atomic E-state index is 3.54. The molecule has 2 heterocycles. The van der Waals surface area contributed by atoms with Gasteiger partial charge in [-0.1, -0.05) is 12.1 Å². The Morgan fingerprint density at radius 1 is 1.40 bits per heavy atom. The standard InChI is InChI=1S/C13H18N2/c1-9-3-4-10-5-6-14-7-11-8-15(2)13(9)12(10)11/h3-4,11,14H,5-8H2,1-2H3. The molecule has 1 aromatic carbocycles. The number of nitrogens with zero attached hydrogens (tertiary/aromatic N) is 1. The fraction of sp³-hybridized carbons (Fsp3) is 0.538. The predicted octanol–water partition coefficient (Wildman–Crippen LogP) is 1.67. The van der Waals surface area contributed by atoms with Gasteiger partial charge in [-0.05, 0) is 36.6 Å². The molecule has 0 amide bonds. The fourth-order valence-corrected chi connectivity index (χ4v) is 3.12. The molecule has 2 aliphatic heterocycles. The van der Waals surface area contributed by atoms with Gasteiger partial charge in [0, 0.05) is 31.7 Å². The van der Waals surface area contributed by atoms with Gasteiger partial charge in [-0.25, -0.2) is 0 Å². The molecule has 0 fully saturated rings. The summed E-state index contributed by atoms with van der Waals surface area (Å²) in [6, 6.07) is 4.60. The van der Waals surface area contributed by atoms with Gasteiger partial charge < -0.3 is 10.2 Å². The average molecular weight is 202 g/mol. The van der Waals surface area contributed by atoms with E-state index in [-0.39, 0.29) is 0 Å². The largest absolute Gasteiger partial charge is 0.373 e. The van der Waals surface area contributed by atoms with Crippen LogP contribution in [0.15, 0.2) is 12.1 Å². The Hall–Kier alpha value is -1.02. The van der Waals surface area contributed by atoms with Crippen molar-refractivity contribution in [2.45, 2.75) is 19.3 Å². The molecule has 0 bridgehead atoms. The Balaban J connectivity index is 2.22. The highest BCUT2D eigenvalue weighted by molar-refractivity contribution is 5.67. The molecule has 1 atom stereocenters. The van der Waals surface area contributed by atoms with E-state index in [1.165, 1.54) is 24.2 Å². The number of rotatable bonds is 0. The van der Waals surface area contributed by atoms with Crippen molar-refractivity contribution in [1.82, 2.24) is 5.32 Å². The van der Waals surface area contributed by atoms with Crippen LogP contribution in [0.4, 0.5) is 5.69 Å². The number of likely N-dealkylation sites (N-methyl/N-ethyl adjacent to an activating group) is 1. The van der Waals surface area contributed by atoms with Gasteiger partial charge in [-0.3, -0.25) is 0 Å². The van der Waals surface area contributed by atoms with Crippen LogP contribution in [0.1, 0.15) is 22.6 Å². The minimum absolute atomic E-state index is 0.711. The normalized spacial score (nSPS) is 23.9. The number of hydrogen-bond donors (Lipinski definition) is 1. The molecule has 1 aromatic rings. The molecule has 2 heteroatoms.